The SMILES string of the molecule is Cc1ccc(O)c(N/C=C(/C#N)C(=O)Nc2cccc(Cl)c2Cl)c1. The zero-order valence-corrected chi connectivity index (χ0v) is 14.1. The molecule has 122 valence electrons. The molecule has 0 radical (unpaired) electrons. The molecule has 2 aromatic carbocycles. The number of hydrogen-bond donors (Lipinski definition) is 3. The number of nitrogens with one attached hydrogen (secondary N) is 2. The number of phenolic OH excluding ortho intramolecular Hbond substituents is 1. The first-order chi connectivity index (χ1) is 11.4. The van der Waals surface area contributed by atoms with Crippen LogP contribution in [0.25, 0.3) is 0 Å². The number of benzene rings is 2. The smallest absolute Gasteiger partial charge is 0.267 e. The minimum absolute atomic E-state index is 0.00688. The number of aryl methyl sites for hydroxylation is 1. The van der Waals surface area contributed by atoms with Gasteiger partial charge in [0.15, 0.2) is 0 Å². The van der Waals surface area contributed by atoms with Gasteiger partial charge in [-0.15, -0.1) is 0 Å². The van der Waals surface area contributed by atoms with E-state index in [1.165, 1.54) is 12.3 Å². The van der Waals surface area contributed by atoms with Gasteiger partial charge in [0.05, 0.1) is 21.4 Å². The van der Waals surface area contributed by atoms with Crippen LogP contribution in [0, 0.1) is 18.3 Å². The van der Waals surface area contributed by atoms with Crippen molar-refractivity contribution in [2.24, 2.45) is 0 Å². The summed E-state index contributed by atoms with van der Waals surface area (Å²) in [5.41, 5.74) is 1.41. The Morgan fingerprint density at radius 2 is 2.00 bits per heavy atom. The third-order valence-corrected chi connectivity index (χ3v) is 3.91. The maximum Gasteiger partial charge on any atom is 0.267 e. The number of hydrogen-bond acceptors (Lipinski definition) is 4. The van der Waals surface area contributed by atoms with Crippen molar-refractivity contribution in [2.75, 3.05) is 10.6 Å². The van der Waals surface area contributed by atoms with Crippen LogP contribution < -0.4 is 10.6 Å². The second-order valence-electron chi connectivity index (χ2n) is 4.89. The number of carbonyl (C=O) groups is 1. The summed E-state index contributed by atoms with van der Waals surface area (Å²) in [4.78, 5) is 12.2. The number of amides is 1. The summed E-state index contributed by atoms with van der Waals surface area (Å²) in [6.45, 7) is 1.85. The lowest BCUT2D eigenvalue weighted by molar-refractivity contribution is -0.112. The lowest BCUT2D eigenvalue weighted by atomic mass is 10.2. The molecule has 2 aromatic rings. The van der Waals surface area contributed by atoms with E-state index in [0.29, 0.717) is 16.4 Å². The summed E-state index contributed by atoms with van der Waals surface area (Å²) in [6.07, 6.45) is 1.21. The van der Waals surface area contributed by atoms with Crippen molar-refractivity contribution >= 4 is 40.5 Å². The molecule has 0 spiro atoms. The molecular weight excluding hydrogens is 349 g/mol. The summed E-state index contributed by atoms with van der Waals surface area (Å²) in [7, 11) is 0. The average Bonchev–Trinajstić information content (AvgIpc) is 2.55. The Labute approximate surface area is 149 Å². The van der Waals surface area contributed by atoms with Crippen LogP contribution in [0.4, 0.5) is 11.4 Å². The van der Waals surface area contributed by atoms with Crippen LogP contribution in [0.2, 0.25) is 10.0 Å². The molecule has 0 aromatic heterocycles. The molecule has 0 unspecified atom stereocenters. The summed E-state index contributed by atoms with van der Waals surface area (Å²) in [5, 5.41) is 24.7. The number of rotatable bonds is 4. The molecule has 0 atom stereocenters. The third kappa shape index (κ3) is 4.19. The predicted molar refractivity (Wildman–Crippen MR) is 95.3 cm³/mol. The first-order valence-electron chi connectivity index (χ1n) is 6.84. The molecule has 0 bridgehead atoms. The van der Waals surface area contributed by atoms with Gasteiger partial charge in [0.25, 0.3) is 5.91 Å². The Kier molecular flexibility index (Phi) is 5.69. The van der Waals surface area contributed by atoms with E-state index in [9.17, 15) is 9.90 Å². The van der Waals surface area contributed by atoms with Crippen LogP contribution in [0.5, 0.6) is 5.75 Å². The van der Waals surface area contributed by atoms with E-state index >= 15 is 0 Å². The van der Waals surface area contributed by atoms with Crippen molar-refractivity contribution in [2.45, 2.75) is 6.92 Å². The third-order valence-electron chi connectivity index (χ3n) is 3.09. The molecule has 0 aliphatic carbocycles. The minimum atomic E-state index is -0.652. The number of nitriles is 1. The largest absolute Gasteiger partial charge is 0.506 e. The van der Waals surface area contributed by atoms with Gasteiger partial charge in [-0.3, -0.25) is 4.79 Å². The highest BCUT2D eigenvalue weighted by Crippen LogP contribution is 2.30. The van der Waals surface area contributed by atoms with Gasteiger partial charge < -0.3 is 15.7 Å². The summed E-state index contributed by atoms with van der Waals surface area (Å²) >= 11 is 11.9. The number of phenols is 1. The highest BCUT2D eigenvalue weighted by molar-refractivity contribution is 6.44. The second kappa shape index (κ2) is 7.73. The Morgan fingerprint density at radius 1 is 1.25 bits per heavy atom. The minimum Gasteiger partial charge on any atom is -0.506 e. The highest BCUT2D eigenvalue weighted by Gasteiger charge is 2.13. The van der Waals surface area contributed by atoms with Gasteiger partial charge in [-0.2, -0.15) is 5.26 Å². The molecule has 5 nitrogen and oxygen atoms in total. The number of halogens is 2. The van der Waals surface area contributed by atoms with E-state index in [1.807, 2.05) is 6.92 Å². The zero-order valence-electron chi connectivity index (χ0n) is 12.6. The Balaban J connectivity index is 2.18. The fourth-order valence-electron chi connectivity index (χ4n) is 1.85. The zero-order chi connectivity index (χ0) is 17.7. The van der Waals surface area contributed by atoms with Crippen molar-refractivity contribution in [3.05, 3.63) is 63.8 Å². The Bertz CT molecular complexity index is 857. The quantitative estimate of drug-likeness (QED) is 0.426. The first-order valence-corrected chi connectivity index (χ1v) is 7.59. The predicted octanol–water partition coefficient (Wildman–Crippen LogP) is 4.47. The van der Waals surface area contributed by atoms with E-state index in [2.05, 4.69) is 10.6 Å². The molecule has 2 rings (SSSR count). The van der Waals surface area contributed by atoms with Crippen molar-refractivity contribution < 1.29 is 9.90 Å². The fourth-order valence-corrected chi connectivity index (χ4v) is 2.20. The number of aromatic hydroxyl groups is 1. The van der Waals surface area contributed by atoms with E-state index in [-0.39, 0.29) is 16.3 Å². The molecule has 1 amide bonds. The molecule has 0 fully saturated rings. The van der Waals surface area contributed by atoms with Crippen molar-refractivity contribution in [3.8, 4) is 11.8 Å². The van der Waals surface area contributed by atoms with Gasteiger partial charge in [0.2, 0.25) is 0 Å². The van der Waals surface area contributed by atoms with Crippen LogP contribution in [-0.4, -0.2) is 11.0 Å². The molecule has 24 heavy (non-hydrogen) atoms. The Morgan fingerprint density at radius 3 is 2.71 bits per heavy atom. The van der Waals surface area contributed by atoms with Crippen molar-refractivity contribution in [1.29, 1.82) is 5.26 Å². The van der Waals surface area contributed by atoms with E-state index in [4.69, 9.17) is 28.5 Å². The lowest BCUT2D eigenvalue weighted by Crippen LogP contribution is -2.15. The van der Waals surface area contributed by atoms with Gasteiger partial charge in [-0.25, -0.2) is 0 Å². The van der Waals surface area contributed by atoms with Crippen LogP contribution in [0.1, 0.15) is 5.56 Å². The van der Waals surface area contributed by atoms with Gasteiger partial charge in [-0.1, -0.05) is 35.3 Å². The van der Waals surface area contributed by atoms with E-state index in [1.54, 1.807) is 36.4 Å². The molecule has 0 aliphatic heterocycles. The summed E-state index contributed by atoms with van der Waals surface area (Å²) in [5.74, 6) is -0.645. The van der Waals surface area contributed by atoms with Gasteiger partial charge in [0.1, 0.15) is 17.4 Å². The maximum atomic E-state index is 12.2. The highest BCUT2D eigenvalue weighted by atomic mass is 35.5. The van der Waals surface area contributed by atoms with E-state index < -0.39 is 5.91 Å². The molecular formula is C17H13Cl2N3O2. The number of nitrogens with zero attached hydrogens (tertiary/aromatic N) is 1. The molecule has 0 saturated heterocycles. The van der Waals surface area contributed by atoms with Crippen LogP contribution in [-0.2, 0) is 4.79 Å². The van der Waals surface area contributed by atoms with Crippen LogP contribution in [0.15, 0.2) is 48.2 Å². The normalized spacial score (nSPS) is 10.8. The number of anilines is 2. The van der Waals surface area contributed by atoms with Crippen LogP contribution >= 0.6 is 23.2 Å². The molecule has 0 saturated carbocycles. The fraction of sp³-hybridized carbons (Fsp3) is 0.0588. The first kappa shape index (κ1) is 17.7. The lowest BCUT2D eigenvalue weighted by Gasteiger charge is -2.08. The molecule has 0 heterocycles. The average molecular weight is 362 g/mol. The monoisotopic (exact) mass is 361 g/mol. The second-order valence-corrected chi connectivity index (χ2v) is 5.68. The topological polar surface area (TPSA) is 85.2 Å². The van der Waals surface area contributed by atoms with E-state index in [0.717, 1.165) is 5.56 Å². The van der Waals surface area contributed by atoms with Crippen molar-refractivity contribution in [1.82, 2.24) is 0 Å². The van der Waals surface area contributed by atoms with Gasteiger partial charge >= 0.3 is 0 Å². The standard InChI is InChI=1S/C17H13Cl2N3O2/c1-10-5-6-15(23)14(7-10)21-9-11(8-20)17(24)22-13-4-2-3-12(18)16(13)19/h2-7,9,21,23H,1H3,(H,22,24)/b11-9-. The van der Waals surface area contributed by atoms with Gasteiger partial charge in [-0.05, 0) is 36.8 Å². The Hall–Kier alpha value is -2.68. The summed E-state index contributed by atoms with van der Waals surface area (Å²) < 4.78 is 0. The molecule has 7 heteroatoms. The maximum absolute atomic E-state index is 12.2. The van der Waals surface area contributed by atoms with Crippen molar-refractivity contribution in [3.63, 3.8) is 0 Å². The van der Waals surface area contributed by atoms with Gasteiger partial charge in [0, 0.05) is 6.20 Å². The van der Waals surface area contributed by atoms with Crippen LogP contribution in [0.3, 0.4) is 0 Å². The number of carbonyl (C=O) groups excluding carboxylic acids is 1. The molecule has 3 N–H and O–H groups in total. The molecule has 0 aliphatic rings. The summed E-state index contributed by atoms with van der Waals surface area (Å²) in [6, 6.07) is 11.5.